The molecule has 1 heterocycles. The van der Waals surface area contributed by atoms with Gasteiger partial charge in [0, 0.05) is 19.4 Å². The van der Waals surface area contributed by atoms with Gasteiger partial charge in [0.2, 0.25) is 0 Å². The van der Waals surface area contributed by atoms with Crippen molar-refractivity contribution < 1.29 is 14.3 Å². The van der Waals surface area contributed by atoms with E-state index in [-0.39, 0.29) is 0 Å². The van der Waals surface area contributed by atoms with Gasteiger partial charge in [-0.25, -0.2) is 4.98 Å². The predicted octanol–water partition coefficient (Wildman–Crippen LogP) is 1.69. The normalized spacial score (nSPS) is 10.2. The Hall–Kier alpha value is -1.46. The molecule has 0 atom stereocenters. The maximum Gasteiger partial charge on any atom is 0.153 e. The van der Waals surface area contributed by atoms with Crippen LogP contribution in [0.2, 0.25) is 0 Å². The Bertz CT molecular complexity index is 336. The minimum Gasteiger partial charge on any atom is -0.361 e. The monoisotopic (exact) mass is 238 g/mol. The second-order valence-electron chi connectivity index (χ2n) is 3.32. The van der Waals surface area contributed by atoms with Gasteiger partial charge in [-0.3, -0.25) is 4.79 Å². The third-order valence-corrected chi connectivity index (χ3v) is 2.15. The predicted molar refractivity (Wildman–Crippen MR) is 65.1 cm³/mol. The van der Waals surface area contributed by atoms with Crippen molar-refractivity contribution in [3.8, 4) is 0 Å². The maximum atomic E-state index is 10.9. The fourth-order valence-electron chi connectivity index (χ4n) is 1.33. The number of anilines is 1. The highest BCUT2D eigenvalue weighted by molar-refractivity contribution is 5.82. The van der Waals surface area contributed by atoms with Crippen molar-refractivity contribution in [1.29, 1.82) is 0 Å². The molecule has 0 fully saturated rings. The zero-order chi connectivity index (χ0) is 12.5. The van der Waals surface area contributed by atoms with Crippen LogP contribution in [0.15, 0.2) is 18.3 Å². The number of ether oxygens (including phenoxy) is 2. The van der Waals surface area contributed by atoms with E-state index in [2.05, 4.69) is 4.98 Å². The molecule has 0 aliphatic heterocycles. The molecule has 94 valence electrons. The highest BCUT2D eigenvalue weighted by atomic mass is 16.5. The molecular formula is C12H18N2O3. The van der Waals surface area contributed by atoms with Gasteiger partial charge in [0.1, 0.15) is 19.3 Å². The van der Waals surface area contributed by atoms with E-state index in [0.29, 0.717) is 38.1 Å². The van der Waals surface area contributed by atoms with Crippen molar-refractivity contribution in [2.24, 2.45) is 0 Å². The van der Waals surface area contributed by atoms with E-state index in [1.165, 1.54) is 0 Å². The first kappa shape index (κ1) is 13.6. The van der Waals surface area contributed by atoms with Crippen LogP contribution in [0.3, 0.4) is 0 Å². The van der Waals surface area contributed by atoms with Gasteiger partial charge in [0.25, 0.3) is 0 Å². The van der Waals surface area contributed by atoms with Gasteiger partial charge in [-0.2, -0.15) is 0 Å². The average molecular weight is 238 g/mol. The first-order valence-electron chi connectivity index (χ1n) is 5.64. The largest absolute Gasteiger partial charge is 0.361 e. The number of rotatable bonds is 8. The quantitative estimate of drug-likeness (QED) is 0.509. The molecule has 5 heteroatoms. The van der Waals surface area contributed by atoms with Crippen LogP contribution in [0.4, 0.5) is 5.82 Å². The molecule has 0 saturated heterocycles. The summed E-state index contributed by atoms with van der Waals surface area (Å²) in [5.41, 5.74) is 0.534. The molecular weight excluding hydrogens is 220 g/mol. The van der Waals surface area contributed by atoms with E-state index in [1.54, 1.807) is 23.2 Å². The van der Waals surface area contributed by atoms with Crippen molar-refractivity contribution in [2.75, 3.05) is 31.6 Å². The molecule has 0 saturated carbocycles. The molecule has 0 aliphatic rings. The molecule has 1 aromatic rings. The van der Waals surface area contributed by atoms with Gasteiger partial charge in [0.15, 0.2) is 6.29 Å². The summed E-state index contributed by atoms with van der Waals surface area (Å²) >= 11 is 0. The molecule has 0 radical (unpaired) electrons. The summed E-state index contributed by atoms with van der Waals surface area (Å²) in [4.78, 5) is 16.9. The fraction of sp³-hybridized carbons (Fsp3) is 0.500. The summed E-state index contributed by atoms with van der Waals surface area (Å²) in [6.45, 7) is 5.75. The SMILES string of the molecule is CCOCN(COCC)c1ncccc1C=O. The molecule has 1 aromatic heterocycles. The third-order valence-electron chi connectivity index (χ3n) is 2.15. The fourth-order valence-corrected chi connectivity index (χ4v) is 1.33. The van der Waals surface area contributed by atoms with E-state index >= 15 is 0 Å². The van der Waals surface area contributed by atoms with Crippen molar-refractivity contribution in [1.82, 2.24) is 4.98 Å². The lowest BCUT2D eigenvalue weighted by molar-refractivity contribution is 0.0949. The second-order valence-corrected chi connectivity index (χ2v) is 3.32. The van der Waals surface area contributed by atoms with Crippen molar-refractivity contribution in [3.05, 3.63) is 23.9 Å². The van der Waals surface area contributed by atoms with Crippen LogP contribution >= 0.6 is 0 Å². The average Bonchev–Trinajstić information content (AvgIpc) is 2.39. The topological polar surface area (TPSA) is 51.7 Å². The van der Waals surface area contributed by atoms with E-state index in [1.807, 2.05) is 13.8 Å². The number of aromatic nitrogens is 1. The summed E-state index contributed by atoms with van der Waals surface area (Å²) < 4.78 is 10.7. The molecule has 0 aliphatic carbocycles. The van der Waals surface area contributed by atoms with Gasteiger partial charge >= 0.3 is 0 Å². The Kier molecular flexibility index (Phi) is 6.21. The number of pyridine rings is 1. The molecule has 0 amide bonds. The molecule has 17 heavy (non-hydrogen) atoms. The zero-order valence-corrected chi connectivity index (χ0v) is 10.3. The lowest BCUT2D eigenvalue weighted by Crippen LogP contribution is -2.30. The molecule has 0 unspecified atom stereocenters. The van der Waals surface area contributed by atoms with Crippen LogP contribution in [-0.2, 0) is 9.47 Å². The van der Waals surface area contributed by atoms with E-state index in [0.717, 1.165) is 6.29 Å². The van der Waals surface area contributed by atoms with Gasteiger partial charge in [-0.05, 0) is 26.0 Å². The Morgan fingerprint density at radius 3 is 2.47 bits per heavy atom. The first-order valence-corrected chi connectivity index (χ1v) is 5.64. The zero-order valence-electron chi connectivity index (χ0n) is 10.3. The minimum absolute atomic E-state index is 0.356. The number of hydrogen-bond donors (Lipinski definition) is 0. The van der Waals surface area contributed by atoms with Crippen molar-refractivity contribution in [2.45, 2.75) is 13.8 Å². The minimum atomic E-state index is 0.356. The van der Waals surface area contributed by atoms with Crippen LogP contribution in [0.25, 0.3) is 0 Å². The van der Waals surface area contributed by atoms with Gasteiger partial charge < -0.3 is 14.4 Å². The summed E-state index contributed by atoms with van der Waals surface area (Å²) in [5.74, 6) is 0.587. The molecule has 0 aromatic carbocycles. The first-order chi connectivity index (χ1) is 8.33. The summed E-state index contributed by atoms with van der Waals surface area (Å²) in [7, 11) is 0. The summed E-state index contributed by atoms with van der Waals surface area (Å²) in [6.07, 6.45) is 2.43. The van der Waals surface area contributed by atoms with Gasteiger partial charge in [-0.1, -0.05) is 0 Å². The Morgan fingerprint density at radius 2 is 1.94 bits per heavy atom. The van der Waals surface area contributed by atoms with Crippen LogP contribution in [0.1, 0.15) is 24.2 Å². The lowest BCUT2D eigenvalue weighted by Gasteiger charge is -2.23. The van der Waals surface area contributed by atoms with Crippen molar-refractivity contribution in [3.63, 3.8) is 0 Å². The third kappa shape index (κ3) is 4.13. The Morgan fingerprint density at radius 1 is 1.29 bits per heavy atom. The number of nitrogens with zero attached hydrogens (tertiary/aromatic N) is 2. The molecule has 5 nitrogen and oxygen atoms in total. The molecule has 1 rings (SSSR count). The molecule has 0 bridgehead atoms. The number of carbonyl (C=O) groups excluding carboxylic acids is 1. The lowest BCUT2D eigenvalue weighted by atomic mass is 10.3. The highest BCUT2D eigenvalue weighted by Gasteiger charge is 2.11. The standard InChI is InChI=1S/C12H18N2O3/c1-3-16-9-14(10-17-4-2)12-11(8-15)6-5-7-13-12/h5-8H,3-4,9-10H2,1-2H3. The van der Waals surface area contributed by atoms with Crippen molar-refractivity contribution >= 4 is 12.1 Å². The van der Waals surface area contributed by atoms with E-state index in [9.17, 15) is 4.79 Å². The van der Waals surface area contributed by atoms with E-state index in [4.69, 9.17) is 9.47 Å². The number of carbonyl (C=O) groups is 1. The van der Waals surface area contributed by atoms with Crippen LogP contribution in [-0.4, -0.2) is 37.9 Å². The molecule has 0 spiro atoms. The molecule has 0 N–H and O–H groups in total. The number of aldehydes is 1. The van der Waals surface area contributed by atoms with Crippen LogP contribution in [0.5, 0.6) is 0 Å². The smallest absolute Gasteiger partial charge is 0.153 e. The Labute approximate surface area is 101 Å². The number of hydrogen-bond acceptors (Lipinski definition) is 5. The highest BCUT2D eigenvalue weighted by Crippen LogP contribution is 2.15. The van der Waals surface area contributed by atoms with Crippen LogP contribution in [0, 0.1) is 0 Å². The Balaban J connectivity index is 2.82. The maximum absolute atomic E-state index is 10.9. The van der Waals surface area contributed by atoms with Crippen LogP contribution < -0.4 is 4.90 Å². The summed E-state index contributed by atoms with van der Waals surface area (Å²) in [5, 5.41) is 0. The van der Waals surface area contributed by atoms with Gasteiger partial charge in [0.05, 0.1) is 5.56 Å². The van der Waals surface area contributed by atoms with Gasteiger partial charge in [-0.15, -0.1) is 0 Å². The second kappa shape index (κ2) is 7.76. The summed E-state index contributed by atoms with van der Waals surface area (Å²) in [6, 6.07) is 3.45. The van der Waals surface area contributed by atoms with E-state index < -0.39 is 0 Å².